The summed E-state index contributed by atoms with van der Waals surface area (Å²) < 4.78 is 24.6. The Morgan fingerprint density at radius 3 is 2.74 bits per heavy atom. The molecular weight excluding hydrogens is 469 g/mol. The minimum atomic E-state index is -0.506. The lowest BCUT2D eigenvalue weighted by molar-refractivity contribution is 0.00454. The number of hydrogen-bond donors (Lipinski definition) is 0. The van der Waals surface area contributed by atoms with Crippen LogP contribution in [0.4, 0.5) is 4.39 Å². The molecule has 2 unspecified atom stereocenters. The molecule has 0 bridgehead atoms. The van der Waals surface area contributed by atoms with Crippen molar-refractivity contribution >= 4 is 17.2 Å². The maximum Gasteiger partial charge on any atom is 0.261 e. The van der Waals surface area contributed by atoms with Crippen molar-refractivity contribution in [2.24, 2.45) is 0 Å². The van der Waals surface area contributed by atoms with Gasteiger partial charge in [0.25, 0.3) is 5.56 Å². The van der Waals surface area contributed by atoms with E-state index in [-0.39, 0.29) is 23.1 Å². The highest BCUT2D eigenvalue weighted by atomic mass is 35.5. The van der Waals surface area contributed by atoms with Crippen LogP contribution in [0.1, 0.15) is 66.3 Å². The van der Waals surface area contributed by atoms with Crippen molar-refractivity contribution in [3.8, 4) is 11.3 Å². The summed E-state index contributed by atoms with van der Waals surface area (Å²) >= 11 is 5.99. The highest BCUT2D eigenvalue weighted by Crippen LogP contribution is 2.40. The number of aromatic nitrogens is 5. The topological polar surface area (TPSA) is 74.3 Å². The summed E-state index contributed by atoms with van der Waals surface area (Å²) in [5.74, 6) is -0.473. The van der Waals surface area contributed by atoms with Gasteiger partial charge in [-0.2, -0.15) is 5.10 Å². The average Bonchev–Trinajstić information content (AvgIpc) is 3.59. The van der Waals surface area contributed by atoms with Crippen molar-refractivity contribution in [2.45, 2.75) is 57.6 Å². The van der Waals surface area contributed by atoms with Crippen LogP contribution in [0.15, 0.2) is 41.6 Å². The van der Waals surface area contributed by atoms with Gasteiger partial charge in [-0.05, 0) is 57.7 Å². The van der Waals surface area contributed by atoms with E-state index >= 15 is 4.39 Å². The third-order valence-corrected chi connectivity index (χ3v) is 7.34. The van der Waals surface area contributed by atoms with Crippen LogP contribution in [0.2, 0.25) is 5.02 Å². The van der Waals surface area contributed by atoms with E-state index in [9.17, 15) is 4.79 Å². The van der Waals surface area contributed by atoms with Gasteiger partial charge in [0.1, 0.15) is 11.5 Å². The first-order valence-corrected chi connectivity index (χ1v) is 12.3. The predicted molar refractivity (Wildman–Crippen MR) is 130 cm³/mol. The number of hydrogen-bond acceptors (Lipinski definition) is 5. The fraction of sp³-hybridized carbons (Fsp3) is 0.385. The zero-order valence-electron chi connectivity index (χ0n) is 19.5. The first-order valence-electron chi connectivity index (χ1n) is 11.9. The van der Waals surface area contributed by atoms with Crippen molar-refractivity contribution in [3.63, 3.8) is 0 Å². The fourth-order valence-electron chi connectivity index (χ4n) is 4.77. The second-order valence-corrected chi connectivity index (χ2v) is 9.96. The Balaban J connectivity index is 1.45. The molecule has 0 N–H and O–H groups in total. The summed E-state index contributed by atoms with van der Waals surface area (Å²) in [4.78, 5) is 22.7. The molecule has 1 aliphatic heterocycles. The van der Waals surface area contributed by atoms with Gasteiger partial charge in [0, 0.05) is 52.3 Å². The average molecular weight is 494 g/mol. The quantitative estimate of drug-likeness (QED) is 0.384. The number of fused-ring (bicyclic) bond motifs is 1. The van der Waals surface area contributed by atoms with Crippen molar-refractivity contribution in [1.82, 2.24) is 24.1 Å². The molecule has 0 spiro atoms. The smallest absolute Gasteiger partial charge is 0.261 e. The van der Waals surface area contributed by atoms with E-state index in [0.717, 1.165) is 17.7 Å². The highest BCUT2D eigenvalue weighted by molar-refractivity contribution is 6.30. The largest absolute Gasteiger partial charge is 0.373 e. The van der Waals surface area contributed by atoms with Crippen molar-refractivity contribution in [1.29, 1.82) is 0 Å². The zero-order valence-corrected chi connectivity index (χ0v) is 20.3. The Morgan fingerprint density at radius 1 is 1.14 bits per heavy atom. The van der Waals surface area contributed by atoms with Crippen molar-refractivity contribution < 1.29 is 9.13 Å². The van der Waals surface area contributed by atoms with Gasteiger partial charge in [-0.1, -0.05) is 11.6 Å². The van der Waals surface area contributed by atoms with E-state index in [2.05, 4.69) is 16.3 Å². The molecule has 4 heterocycles. The van der Waals surface area contributed by atoms with E-state index in [1.807, 2.05) is 10.9 Å². The Labute approximate surface area is 206 Å². The molecular formula is C26H25ClFN5O2. The molecule has 35 heavy (non-hydrogen) atoms. The molecule has 2 atom stereocenters. The standard InChI is InChI=1S/C26H25ClFN5O2/c1-14-15(2)30-25-24(20-6-3-18(27)10-21(20)28)31-22(13-32(25)26(14)34)16-7-8-35-23(9-16)17-11-29-33(12-17)19-4-5-19/h3,6,10-13,16,19,23H,4-5,7-9H2,1-2H3. The molecule has 180 valence electrons. The molecule has 1 saturated heterocycles. The van der Waals surface area contributed by atoms with Gasteiger partial charge in [0.15, 0.2) is 5.65 Å². The Kier molecular flexibility index (Phi) is 5.45. The molecule has 3 aromatic heterocycles. The summed E-state index contributed by atoms with van der Waals surface area (Å²) in [5, 5.41) is 4.80. The monoisotopic (exact) mass is 493 g/mol. The van der Waals surface area contributed by atoms with Crippen LogP contribution in [0.3, 0.4) is 0 Å². The first-order chi connectivity index (χ1) is 16.9. The maximum absolute atomic E-state index is 15.0. The van der Waals surface area contributed by atoms with Crippen molar-refractivity contribution in [3.05, 3.63) is 80.5 Å². The van der Waals surface area contributed by atoms with E-state index in [1.54, 1.807) is 32.2 Å². The third-order valence-electron chi connectivity index (χ3n) is 7.10. The van der Waals surface area contributed by atoms with E-state index in [1.165, 1.54) is 23.3 Å². The minimum absolute atomic E-state index is 0.0324. The van der Waals surface area contributed by atoms with Crippen LogP contribution < -0.4 is 5.56 Å². The number of halogens is 2. The van der Waals surface area contributed by atoms with Gasteiger partial charge in [-0.25, -0.2) is 14.4 Å². The van der Waals surface area contributed by atoms with Gasteiger partial charge < -0.3 is 4.74 Å². The first kappa shape index (κ1) is 22.4. The minimum Gasteiger partial charge on any atom is -0.373 e. The molecule has 1 aliphatic carbocycles. The number of nitrogens with zero attached hydrogens (tertiary/aromatic N) is 5. The molecule has 0 radical (unpaired) electrons. The zero-order chi connectivity index (χ0) is 24.3. The second-order valence-electron chi connectivity index (χ2n) is 9.53. The van der Waals surface area contributed by atoms with Crippen molar-refractivity contribution in [2.75, 3.05) is 6.61 Å². The number of aryl methyl sites for hydroxylation is 1. The number of ether oxygens (including phenoxy) is 1. The van der Waals surface area contributed by atoms with Crippen LogP contribution in [-0.4, -0.2) is 30.8 Å². The lowest BCUT2D eigenvalue weighted by Crippen LogP contribution is -2.24. The molecule has 0 amide bonds. The summed E-state index contributed by atoms with van der Waals surface area (Å²) in [6.07, 6.45) is 9.40. The molecule has 4 aromatic rings. The molecule has 6 rings (SSSR count). The SMILES string of the molecule is Cc1nc2c(-c3ccc(Cl)cc3F)nc(C3CCOC(c4cnn(C5CC5)c4)C3)cn2c(=O)c1C. The van der Waals surface area contributed by atoms with Gasteiger partial charge in [0.2, 0.25) is 0 Å². The highest BCUT2D eigenvalue weighted by Gasteiger charge is 2.30. The third kappa shape index (κ3) is 4.04. The molecule has 2 aliphatic rings. The lowest BCUT2D eigenvalue weighted by atomic mass is 9.90. The lowest BCUT2D eigenvalue weighted by Gasteiger charge is -2.29. The normalized spacial score (nSPS) is 20.5. The summed E-state index contributed by atoms with van der Waals surface area (Å²) in [6, 6.07) is 4.96. The Hall–Kier alpha value is -3.10. The van der Waals surface area contributed by atoms with E-state index in [0.29, 0.717) is 46.7 Å². The van der Waals surface area contributed by atoms with Gasteiger partial charge >= 0.3 is 0 Å². The van der Waals surface area contributed by atoms with Gasteiger partial charge in [0.05, 0.1) is 24.0 Å². The van der Waals surface area contributed by atoms with Crippen LogP contribution in [0.5, 0.6) is 0 Å². The van der Waals surface area contributed by atoms with E-state index in [4.69, 9.17) is 21.3 Å². The summed E-state index contributed by atoms with van der Waals surface area (Å²) in [6.45, 7) is 4.09. The maximum atomic E-state index is 15.0. The van der Waals surface area contributed by atoms with Crippen LogP contribution in [0, 0.1) is 19.7 Å². The second kappa shape index (κ2) is 8.53. The Morgan fingerprint density at radius 2 is 1.97 bits per heavy atom. The molecule has 2 fully saturated rings. The number of benzene rings is 1. The summed E-state index contributed by atoms with van der Waals surface area (Å²) in [5.41, 5.74) is 3.67. The van der Waals surface area contributed by atoms with Gasteiger partial charge in [-0.15, -0.1) is 0 Å². The summed E-state index contributed by atoms with van der Waals surface area (Å²) in [7, 11) is 0. The molecule has 1 saturated carbocycles. The van der Waals surface area contributed by atoms with E-state index < -0.39 is 5.82 Å². The van der Waals surface area contributed by atoms with Crippen LogP contribution in [-0.2, 0) is 4.74 Å². The molecule has 7 nitrogen and oxygen atoms in total. The molecule has 9 heteroatoms. The molecule has 1 aromatic carbocycles. The predicted octanol–water partition coefficient (Wildman–Crippen LogP) is 5.33. The Bertz CT molecular complexity index is 1510. The van der Waals surface area contributed by atoms with Crippen LogP contribution in [0.25, 0.3) is 16.9 Å². The van der Waals surface area contributed by atoms with Crippen LogP contribution >= 0.6 is 11.6 Å². The van der Waals surface area contributed by atoms with Gasteiger partial charge in [-0.3, -0.25) is 13.9 Å². The fourth-order valence-corrected chi connectivity index (χ4v) is 4.93. The number of rotatable bonds is 4.